The van der Waals surface area contributed by atoms with Crippen molar-refractivity contribution in [3.05, 3.63) is 42.5 Å². The molecule has 1 heterocycles. The van der Waals surface area contributed by atoms with Crippen LogP contribution in [0.15, 0.2) is 42.5 Å². The molecule has 0 aliphatic carbocycles. The first-order valence-corrected chi connectivity index (χ1v) is 10.2. The molecule has 1 N–H and O–H groups in total. The molecule has 6 heteroatoms. The van der Waals surface area contributed by atoms with Gasteiger partial charge in [-0.05, 0) is 48.7 Å². The average Bonchev–Trinajstić information content (AvgIpc) is 3.21. The predicted molar refractivity (Wildman–Crippen MR) is 112 cm³/mol. The van der Waals surface area contributed by atoms with Crippen molar-refractivity contribution in [3.63, 3.8) is 0 Å². The first kappa shape index (κ1) is 20.8. The summed E-state index contributed by atoms with van der Waals surface area (Å²) in [5, 5.41) is 2.78. The number of nitrogens with one attached hydrogen (secondary N) is 1. The van der Waals surface area contributed by atoms with Crippen molar-refractivity contribution in [2.24, 2.45) is 5.92 Å². The Balaban J connectivity index is 1.42. The van der Waals surface area contributed by atoms with Gasteiger partial charge in [0.25, 0.3) is 5.91 Å². The molecule has 0 fully saturated rings. The number of amides is 1. The van der Waals surface area contributed by atoms with Crippen molar-refractivity contribution < 1.29 is 23.7 Å². The zero-order chi connectivity index (χ0) is 20.5. The Morgan fingerprint density at radius 1 is 1.03 bits per heavy atom. The number of benzene rings is 2. The van der Waals surface area contributed by atoms with Gasteiger partial charge >= 0.3 is 0 Å². The monoisotopic (exact) mass is 399 g/mol. The van der Waals surface area contributed by atoms with Gasteiger partial charge in [0, 0.05) is 11.8 Å². The third-order valence-electron chi connectivity index (χ3n) is 4.88. The van der Waals surface area contributed by atoms with E-state index in [4.69, 9.17) is 18.9 Å². The molecule has 2 aromatic carbocycles. The van der Waals surface area contributed by atoms with E-state index in [-0.39, 0.29) is 19.3 Å². The molecule has 156 valence electrons. The van der Waals surface area contributed by atoms with Gasteiger partial charge in [-0.15, -0.1) is 0 Å². The first-order valence-electron chi connectivity index (χ1n) is 10.2. The van der Waals surface area contributed by atoms with Crippen LogP contribution in [-0.4, -0.2) is 25.9 Å². The number of ether oxygens (including phenoxy) is 4. The molecule has 1 amide bonds. The van der Waals surface area contributed by atoms with Crippen molar-refractivity contribution in [2.75, 3.05) is 25.3 Å². The number of carbonyl (C=O) groups is 1. The Bertz CT molecular complexity index is 790. The molecule has 0 saturated heterocycles. The average molecular weight is 399 g/mol. The van der Waals surface area contributed by atoms with E-state index in [0.717, 1.165) is 18.8 Å². The fraction of sp³-hybridized carbons (Fsp3) is 0.435. The number of fused-ring (bicyclic) bond motifs is 1. The summed E-state index contributed by atoms with van der Waals surface area (Å²) in [7, 11) is 0. The van der Waals surface area contributed by atoms with Crippen LogP contribution in [0.4, 0.5) is 5.69 Å². The third-order valence-corrected chi connectivity index (χ3v) is 4.88. The van der Waals surface area contributed by atoms with E-state index < -0.39 is 0 Å². The summed E-state index contributed by atoms with van der Waals surface area (Å²) in [6.45, 7) is 5.27. The molecule has 0 spiro atoms. The lowest BCUT2D eigenvalue weighted by atomic mass is 10.0. The highest BCUT2D eigenvalue weighted by atomic mass is 16.7. The zero-order valence-corrected chi connectivity index (χ0v) is 17.1. The van der Waals surface area contributed by atoms with Gasteiger partial charge in [-0.2, -0.15) is 0 Å². The molecule has 0 aromatic heterocycles. The standard InChI is InChI=1S/C23H29NO5/c1-3-5-6-17(4-2)14-26-19-8-10-20(11-9-19)27-15-23(25)24-18-7-12-21-22(13-18)29-16-28-21/h7-13,17H,3-6,14-16H2,1-2H3,(H,24,25). The number of carbonyl (C=O) groups excluding carboxylic acids is 1. The summed E-state index contributed by atoms with van der Waals surface area (Å²) < 4.78 is 22.0. The van der Waals surface area contributed by atoms with Crippen molar-refractivity contribution >= 4 is 11.6 Å². The Hall–Kier alpha value is -2.89. The highest BCUT2D eigenvalue weighted by Gasteiger charge is 2.14. The molecular formula is C23H29NO5. The van der Waals surface area contributed by atoms with Crippen LogP contribution in [0, 0.1) is 5.92 Å². The Morgan fingerprint density at radius 2 is 1.76 bits per heavy atom. The van der Waals surface area contributed by atoms with Gasteiger partial charge in [-0.1, -0.05) is 33.1 Å². The maximum atomic E-state index is 12.1. The summed E-state index contributed by atoms with van der Waals surface area (Å²) in [6.07, 6.45) is 4.78. The molecule has 2 aromatic rings. The lowest BCUT2D eigenvalue weighted by molar-refractivity contribution is -0.118. The predicted octanol–water partition coefficient (Wildman–Crippen LogP) is 5.03. The molecular weight excluding hydrogens is 370 g/mol. The summed E-state index contributed by atoms with van der Waals surface area (Å²) in [5.41, 5.74) is 0.639. The van der Waals surface area contributed by atoms with Crippen molar-refractivity contribution in [3.8, 4) is 23.0 Å². The molecule has 29 heavy (non-hydrogen) atoms. The van der Waals surface area contributed by atoms with Crippen LogP contribution in [0.25, 0.3) is 0 Å². The van der Waals surface area contributed by atoms with E-state index in [1.54, 1.807) is 18.2 Å². The minimum absolute atomic E-state index is 0.0798. The molecule has 1 atom stereocenters. The largest absolute Gasteiger partial charge is 0.493 e. The molecule has 1 aliphatic heterocycles. The van der Waals surface area contributed by atoms with Crippen LogP contribution < -0.4 is 24.3 Å². The van der Waals surface area contributed by atoms with Crippen LogP contribution in [0.5, 0.6) is 23.0 Å². The van der Waals surface area contributed by atoms with Gasteiger partial charge < -0.3 is 24.3 Å². The Morgan fingerprint density at radius 3 is 2.48 bits per heavy atom. The van der Waals surface area contributed by atoms with E-state index in [1.165, 1.54) is 19.3 Å². The number of hydrogen-bond donors (Lipinski definition) is 1. The van der Waals surface area contributed by atoms with E-state index >= 15 is 0 Å². The van der Waals surface area contributed by atoms with E-state index in [0.29, 0.717) is 28.9 Å². The molecule has 1 unspecified atom stereocenters. The maximum absolute atomic E-state index is 12.1. The van der Waals surface area contributed by atoms with Crippen LogP contribution in [0.1, 0.15) is 39.5 Å². The van der Waals surface area contributed by atoms with E-state index in [1.807, 2.05) is 24.3 Å². The molecule has 0 radical (unpaired) electrons. The molecule has 3 rings (SSSR count). The second kappa shape index (κ2) is 10.6. The van der Waals surface area contributed by atoms with Gasteiger partial charge in [-0.25, -0.2) is 0 Å². The lowest BCUT2D eigenvalue weighted by Crippen LogP contribution is -2.20. The number of unbranched alkanes of at least 4 members (excludes halogenated alkanes) is 1. The third kappa shape index (κ3) is 6.31. The number of hydrogen-bond acceptors (Lipinski definition) is 5. The second-order valence-electron chi connectivity index (χ2n) is 7.10. The van der Waals surface area contributed by atoms with Crippen molar-refractivity contribution in [1.29, 1.82) is 0 Å². The normalized spacial score (nSPS) is 13.0. The summed E-state index contributed by atoms with van der Waals surface area (Å²) in [5.74, 6) is 3.08. The van der Waals surface area contributed by atoms with Crippen molar-refractivity contribution in [2.45, 2.75) is 39.5 Å². The van der Waals surface area contributed by atoms with Gasteiger partial charge in [-0.3, -0.25) is 4.79 Å². The van der Waals surface area contributed by atoms with Crippen LogP contribution >= 0.6 is 0 Å². The van der Waals surface area contributed by atoms with Gasteiger partial charge in [0.15, 0.2) is 18.1 Å². The van der Waals surface area contributed by atoms with E-state index in [2.05, 4.69) is 19.2 Å². The van der Waals surface area contributed by atoms with Crippen LogP contribution in [0.3, 0.4) is 0 Å². The molecule has 6 nitrogen and oxygen atoms in total. The SMILES string of the molecule is CCCCC(CC)COc1ccc(OCC(=O)Nc2ccc3c(c2)OCO3)cc1. The second-order valence-corrected chi connectivity index (χ2v) is 7.10. The fourth-order valence-corrected chi connectivity index (χ4v) is 3.06. The summed E-state index contributed by atoms with van der Waals surface area (Å²) >= 11 is 0. The Labute approximate surface area is 172 Å². The molecule has 1 aliphatic rings. The molecule has 0 bridgehead atoms. The van der Waals surface area contributed by atoms with Crippen LogP contribution in [0.2, 0.25) is 0 Å². The summed E-state index contributed by atoms with van der Waals surface area (Å²) in [4.78, 5) is 12.1. The fourth-order valence-electron chi connectivity index (χ4n) is 3.06. The van der Waals surface area contributed by atoms with Gasteiger partial charge in [0.2, 0.25) is 6.79 Å². The highest BCUT2D eigenvalue weighted by molar-refractivity contribution is 5.92. The number of anilines is 1. The minimum atomic E-state index is -0.245. The molecule has 0 saturated carbocycles. The van der Waals surface area contributed by atoms with Gasteiger partial charge in [0.05, 0.1) is 6.61 Å². The Kier molecular flexibility index (Phi) is 7.61. The van der Waals surface area contributed by atoms with Crippen molar-refractivity contribution in [1.82, 2.24) is 0 Å². The quantitative estimate of drug-likeness (QED) is 0.574. The minimum Gasteiger partial charge on any atom is -0.493 e. The zero-order valence-electron chi connectivity index (χ0n) is 17.1. The smallest absolute Gasteiger partial charge is 0.262 e. The van der Waals surface area contributed by atoms with Crippen LogP contribution in [-0.2, 0) is 4.79 Å². The lowest BCUT2D eigenvalue weighted by Gasteiger charge is -2.15. The topological polar surface area (TPSA) is 66.0 Å². The van der Waals surface area contributed by atoms with Gasteiger partial charge in [0.1, 0.15) is 11.5 Å². The van der Waals surface area contributed by atoms with E-state index in [9.17, 15) is 4.79 Å². The summed E-state index contributed by atoms with van der Waals surface area (Å²) in [6, 6.07) is 12.6. The maximum Gasteiger partial charge on any atom is 0.262 e. The highest BCUT2D eigenvalue weighted by Crippen LogP contribution is 2.34. The number of rotatable bonds is 11. The first-order chi connectivity index (χ1) is 14.2.